The summed E-state index contributed by atoms with van der Waals surface area (Å²) in [6, 6.07) is 59.7. The average Bonchev–Trinajstić information content (AvgIpc) is 4.00. The highest BCUT2D eigenvalue weighted by atomic mass is 32.1. The maximum atomic E-state index is 2.80. The van der Waals surface area contributed by atoms with Crippen molar-refractivity contribution >= 4 is 100 Å². The van der Waals surface area contributed by atoms with Crippen molar-refractivity contribution in [3.63, 3.8) is 0 Å². The summed E-state index contributed by atoms with van der Waals surface area (Å²) in [7, 11) is 0. The van der Waals surface area contributed by atoms with Crippen molar-refractivity contribution in [1.82, 2.24) is 0 Å². The summed E-state index contributed by atoms with van der Waals surface area (Å²) in [5.41, 5.74) is 25.5. The molecule has 71 heavy (non-hydrogen) atoms. The molecule has 9 aromatic rings. The normalized spacial score (nSPS) is 19.6. The average molecular weight is 940 g/mol. The van der Waals surface area contributed by atoms with Crippen LogP contribution < -0.4 is 31.1 Å². The predicted molar refractivity (Wildman–Crippen MR) is 307 cm³/mol. The van der Waals surface area contributed by atoms with Crippen molar-refractivity contribution in [2.75, 3.05) is 14.7 Å². The van der Waals surface area contributed by atoms with Crippen LogP contribution in [0.4, 0.5) is 45.5 Å². The monoisotopic (exact) mass is 939 g/mol. The third-order valence-corrected chi connectivity index (χ3v) is 19.2. The minimum Gasteiger partial charge on any atom is -0.334 e. The van der Waals surface area contributed by atoms with E-state index in [-0.39, 0.29) is 28.5 Å². The highest BCUT2D eigenvalue weighted by Crippen LogP contribution is 2.62. The fourth-order valence-electron chi connectivity index (χ4n) is 14.1. The van der Waals surface area contributed by atoms with E-state index in [1.54, 1.807) is 0 Å². The van der Waals surface area contributed by atoms with Gasteiger partial charge in [-0.3, -0.25) is 0 Å². The van der Waals surface area contributed by atoms with Crippen LogP contribution in [0.25, 0.3) is 31.3 Å². The molecule has 0 saturated heterocycles. The third-order valence-electron chi connectivity index (χ3n) is 18.0. The lowest BCUT2D eigenvalue weighted by Gasteiger charge is -2.50. The Morgan fingerprint density at radius 1 is 0.535 bits per heavy atom. The molecule has 350 valence electrons. The molecule has 0 N–H and O–H groups in total. The molecule has 2 aliphatic carbocycles. The van der Waals surface area contributed by atoms with Gasteiger partial charge in [0.2, 0.25) is 0 Å². The standard InChI is InChI=1S/C66H62BN3S/c1-40-34-58-61-59(35-40)69(56-24-17-22-48-47-20-12-13-25-60(47)71-62(48)56)55-31-27-43(64(5,6)7)38-52(55)67(61)51-29-28-44(39-57(51)68(58)53-23-16-21-46-45-19-11-10-18-41(45)36-49(46)53)70-54-30-26-42(63(2,3)4)37-50(54)65(8)32-14-15-33-66(65,70)9/h10-13,16-31,34-35,37-39H,14-15,32-33,36H2,1-9H3. The van der Waals surface area contributed by atoms with Gasteiger partial charge in [-0.05, 0) is 153 Å². The predicted octanol–water partition coefficient (Wildman–Crippen LogP) is 16.4. The molecule has 3 nitrogen and oxygen atoms in total. The molecule has 5 aliphatic rings. The van der Waals surface area contributed by atoms with Gasteiger partial charge in [-0.15, -0.1) is 11.3 Å². The SMILES string of the molecule is Cc1cc2c3c(c1)N(c1cccc4c1sc1ccccc14)c1ccc(C(C)(C)C)cc1B3c1ccc(N3c4ccc(C(C)(C)C)cc4C4(C)CCCCC34C)cc1N2c1cccc2c1Cc1ccccc1-2. The van der Waals surface area contributed by atoms with Gasteiger partial charge in [-0.1, -0.05) is 158 Å². The molecule has 0 spiro atoms. The summed E-state index contributed by atoms with van der Waals surface area (Å²) in [6.45, 7) is 21.7. The van der Waals surface area contributed by atoms with Gasteiger partial charge in [-0.25, -0.2) is 0 Å². The topological polar surface area (TPSA) is 9.72 Å². The van der Waals surface area contributed by atoms with Crippen LogP contribution in [0.5, 0.6) is 0 Å². The van der Waals surface area contributed by atoms with Gasteiger partial charge in [0.1, 0.15) is 0 Å². The van der Waals surface area contributed by atoms with Gasteiger partial charge >= 0.3 is 0 Å². The number of hydrogen-bond acceptors (Lipinski definition) is 4. The fourth-order valence-corrected chi connectivity index (χ4v) is 15.3. The second kappa shape index (κ2) is 14.8. The van der Waals surface area contributed by atoms with Crippen molar-refractivity contribution in [3.8, 4) is 11.1 Å². The van der Waals surface area contributed by atoms with Gasteiger partial charge in [0, 0.05) is 61.4 Å². The molecule has 1 aromatic heterocycles. The van der Waals surface area contributed by atoms with Crippen LogP contribution in [-0.2, 0) is 22.7 Å². The number of thiophene rings is 1. The Balaban J connectivity index is 1.06. The van der Waals surface area contributed by atoms with Gasteiger partial charge in [0.25, 0.3) is 6.71 Å². The van der Waals surface area contributed by atoms with Crippen LogP contribution >= 0.6 is 11.3 Å². The van der Waals surface area contributed by atoms with Crippen LogP contribution in [0.15, 0.2) is 152 Å². The van der Waals surface area contributed by atoms with Crippen LogP contribution in [0.2, 0.25) is 0 Å². The van der Waals surface area contributed by atoms with Crippen molar-refractivity contribution in [2.24, 2.45) is 0 Å². The quantitative estimate of drug-likeness (QED) is 0.163. The fraction of sp³-hybridized carbons (Fsp3) is 0.273. The number of anilines is 8. The second-order valence-electron chi connectivity index (χ2n) is 24.1. The van der Waals surface area contributed by atoms with E-state index in [1.807, 2.05) is 11.3 Å². The van der Waals surface area contributed by atoms with E-state index in [2.05, 4.69) is 229 Å². The molecule has 1 fully saturated rings. The lowest BCUT2D eigenvalue weighted by Crippen LogP contribution is -2.61. The minimum atomic E-state index is -0.0811. The first-order valence-electron chi connectivity index (χ1n) is 26.2. The number of fused-ring (bicyclic) bond motifs is 13. The molecule has 2 atom stereocenters. The Bertz CT molecular complexity index is 3750. The second-order valence-corrected chi connectivity index (χ2v) is 25.2. The first kappa shape index (κ1) is 43.3. The Kier molecular flexibility index (Phi) is 8.99. The minimum absolute atomic E-state index is 0.0146. The molecule has 3 aliphatic heterocycles. The van der Waals surface area contributed by atoms with Gasteiger partial charge in [-0.2, -0.15) is 0 Å². The van der Waals surface area contributed by atoms with E-state index < -0.39 is 0 Å². The number of aryl methyl sites for hydroxylation is 1. The first-order chi connectivity index (χ1) is 34.1. The Hall–Kier alpha value is -6.56. The molecular formula is C66H62BN3S. The highest BCUT2D eigenvalue weighted by Gasteiger charge is 2.58. The van der Waals surface area contributed by atoms with Gasteiger partial charge in [0.05, 0.1) is 21.6 Å². The Morgan fingerprint density at radius 2 is 1.20 bits per heavy atom. The lowest BCUT2D eigenvalue weighted by molar-refractivity contribution is 0.195. The summed E-state index contributed by atoms with van der Waals surface area (Å²) in [5.74, 6) is 0. The molecule has 1 saturated carbocycles. The molecule has 2 unspecified atom stereocenters. The number of hydrogen-bond donors (Lipinski definition) is 0. The molecule has 0 bridgehead atoms. The molecule has 0 radical (unpaired) electrons. The van der Waals surface area contributed by atoms with Crippen LogP contribution in [0.3, 0.4) is 0 Å². The van der Waals surface area contributed by atoms with Gasteiger partial charge in [0.15, 0.2) is 0 Å². The summed E-state index contributed by atoms with van der Waals surface area (Å²) < 4.78 is 2.65. The number of rotatable bonds is 3. The highest BCUT2D eigenvalue weighted by molar-refractivity contribution is 7.26. The summed E-state index contributed by atoms with van der Waals surface area (Å²) in [5, 5.41) is 2.64. The first-order valence-corrected chi connectivity index (χ1v) is 27.0. The molecule has 8 aromatic carbocycles. The van der Waals surface area contributed by atoms with Crippen molar-refractivity contribution in [2.45, 2.75) is 116 Å². The van der Waals surface area contributed by atoms with Crippen molar-refractivity contribution in [3.05, 3.63) is 185 Å². The van der Waals surface area contributed by atoms with Crippen LogP contribution in [-0.4, -0.2) is 12.3 Å². The maximum absolute atomic E-state index is 2.80. The molecular weight excluding hydrogens is 878 g/mol. The Morgan fingerprint density at radius 3 is 2.00 bits per heavy atom. The van der Waals surface area contributed by atoms with Crippen LogP contribution in [0, 0.1) is 6.92 Å². The lowest BCUT2D eigenvalue weighted by atomic mass is 9.33. The maximum Gasteiger partial charge on any atom is 0.252 e. The Labute approximate surface area is 424 Å². The molecule has 4 heterocycles. The molecule has 5 heteroatoms. The summed E-state index contributed by atoms with van der Waals surface area (Å²) >= 11 is 1.92. The smallest absolute Gasteiger partial charge is 0.252 e. The van der Waals surface area contributed by atoms with E-state index in [1.165, 1.54) is 146 Å². The van der Waals surface area contributed by atoms with Crippen LogP contribution in [0.1, 0.15) is 114 Å². The summed E-state index contributed by atoms with van der Waals surface area (Å²) in [6.07, 6.45) is 5.78. The molecule has 14 rings (SSSR count). The number of benzene rings is 8. The zero-order valence-electron chi connectivity index (χ0n) is 42.8. The van der Waals surface area contributed by atoms with Crippen molar-refractivity contribution < 1.29 is 0 Å². The van der Waals surface area contributed by atoms with Gasteiger partial charge < -0.3 is 14.7 Å². The zero-order chi connectivity index (χ0) is 48.5. The van der Waals surface area contributed by atoms with E-state index in [0.717, 1.165) is 12.8 Å². The summed E-state index contributed by atoms with van der Waals surface area (Å²) in [4.78, 5) is 8.15. The van der Waals surface area contributed by atoms with E-state index in [9.17, 15) is 0 Å². The zero-order valence-corrected chi connectivity index (χ0v) is 43.6. The van der Waals surface area contributed by atoms with Crippen molar-refractivity contribution in [1.29, 1.82) is 0 Å². The van der Waals surface area contributed by atoms with E-state index in [4.69, 9.17) is 0 Å². The van der Waals surface area contributed by atoms with E-state index in [0.29, 0.717) is 0 Å². The van der Waals surface area contributed by atoms with E-state index >= 15 is 0 Å². The molecule has 0 amide bonds. The largest absolute Gasteiger partial charge is 0.334 e. The number of nitrogens with zero attached hydrogens (tertiary/aromatic N) is 3. The third kappa shape index (κ3) is 5.96.